The number of hydrogen-bond donors (Lipinski definition) is 6. The van der Waals surface area contributed by atoms with E-state index < -0.39 is 95.6 Å². The average Bonchev–Trinajstić information content (AvgIpc) is 3.06. The van der Waals surface area contributed by atoms with Crippen molar-refractivity contribution in [3.05, 3.63) is 48.5 Å². The quantitative estimate of drug-likeness (QED) is 0.0179. The van der Waals surface area contributed by atoms with Crippen molar-refractivity contribution in [2.24, 2.45) is 20.5 Å². The minimum absolute atomic E-state index is 0.115. The van der Waals surface area contributed by atoms with Gasteiger partial charge in [0.15, 0.2) is 44.3 Å². The van der Waals surface area contributed by atoms with Crippen molar-refractivity contribution in [1.82, 2.24) is 0 Å². The number of sulfone groups is 2. The van der Waals surface area contributed by atoms with Crippen molar-refractivity contribution >= 4 is 98.7 Å². The van der Waals surface area contributed by atoms with E-state index in [1.54, 1.807) is 0 Å². The highest BCUT2D eigenvalue weighted by atomic mass is 32.2. The Balaban J connectivity index is 1.93. The van der Waals surface area contributed by atoms with E-state index >= 15 is 0 Å². The van der Waals surface area contributed by atoms with Gasteiger partial charge in [0.1, 0.15) is 32.5 Å². The van der Waals surface area contributed by atoms with E-state index in [1.807, 2.05) is 0 Å². The maximum Gasteiger partial charge on any atom is 0.296 e. The number of azo groups is 2. The van der Waals surface area contributed by atoms with Gasteiger partial charge in [0, 0.05) is 0 Å². The summed E-state index contributed by atoms with van der Waals surface area (Å²) >= 11 is 0.230. The molecule has 0 saturated heterocycles. The van der Waals surface area contributed by atoms with Gasteiger partial charge in [0.05, 0.1) is 45.9 Å². The summed E-state index contributed by atoms with van der Waals surface area (Å²) in [5.74, 6) is -1.38. The molecule has 24 nitrogen and oxygen atoms in total. The summed E-state index contributed by atoms with van der Waals surface area (Å²) < 4.78 is 136. The first-order valence-corrected chi connectivity index (χ1v) is 20.6. The third-order valence-electron chi connectivity index (χ3n) is 5.93. The van der Waals surface area contributed by atoms with Crippen molar-refractivity contribution < 1.29 is 80.4 Å². The van der Waals surface area contributed by atoms with Gasteiger partial charge >= 0.3 is 0 Å². The van der Waals surface area contributed by atoms with E-state index in [9.17, 15) is 42.8 Å². The second-order valence-electron chi connectivity index (χ2n) is 9.28. The zero-order chi connectivity index (χ0) is 38.7. The Morgan fingerprint density at radius 3 is 1.27 bits per heavy atom. The average molecular weight is 853 g/mol. The van der Waals surface area contributed by atoms with Crippen LogP contribution in [0.3, 0.4) is 0 Å². The smallest absolute Gasteiger partial charge is 0.296 e. The molecule has 0 bridgehead atoms. The number of benzene rings is 3. The minimum Gasteiger partial charge on any atom is -0.397 e. The molecule has 286 valence electrons. The molecule has 0 aliphatic carbocycles. The molecule has 3 rings (SSSR count). The molecule has 0 unspecified atom stereocenters. The largest absolute Gasteiger partial charge is 0.397 e. The predicted octanol–water partition coefficient (Wildman–Crippen LogP) is 3.72. The molecule has 0 heterocycles. The number of nitrogens with zero attached hydrogens (tertiary/aromatic N) is 4. The summed E-state index contributed by atoms with van der Waals surface area (Å²) in [7, 11) is -18.6. The molecule has 52 heavy (non-hydrogen) atoms. The molecule has 3 aromatic carbocycles. The molecule has 0 saturated carbocycles. The monoisotopic (exact) mass is 852 g/mol. The van der Waals surface area contributed by atoms with Gasteiger partial charge in [0.2, 0.25) is 0 Å². The highest BCUT2D eigenvalue weighted by Gasteiger charge is 2.24. The molecule has 3 aromatic rings. The molecule has 0 atom stereocenters. The van der Waals surface area contributed by atoms with Crippen LogP contribution in [0.2, 0.25) is 0 Å². The van der Waals surface area contributed by atoms with Crippen molar-refractivity contribution in [3.8, 4) is 0 Å². The number of nitrogens with two attached hydrogens (primary N) is 2. The lowest BCUT2D eigenvalue weighted by molar-refractivity contribution is -0.434. The van der Waals surface area contributed by atoms with E-state index in [0.29, 0.717) is 12.1 Å². The topological polar surface area (TPSA) is 374 Å². The SMILES string of the molecule is Nc1cc(N)c(N=Nc2ccc(S(=O)(=O)CCOSOOO)cc2S(=O)(=O)O)cc1N=Nc1ccc(S(=O)(=O)CCOSOOO)cc1S(=O)(=O)O. The molecule has 30 heteroatoms. The normalized spacial score (nSPS) is 13.0. The number of nitrogen functional groups attached to an aromatic ring is 2. The maximum atomic E-state index is 12.6. The van der Waals surface area contributed by atoms with Crippen LogP contribution in [-0.4, -0.2) is 78.0 Å². The molecule has 0 aliphatic heterocycles. The van der Waals surface area contributed by atoms with Gasteiger partial charge in [-0.15, -0.1) is 29.1 Å². The van der Waals surface area contributed by atoms with Gasteiger partial charge in [-0.2, -0.15) is 16.8 Å². The summed E-state index contributed by atoms with van der Waals surface area (Å²) in [5, 5.41) is 37.7. The molecule has 0 fully saturated rings. The molecule has 0 aliphatic rings. The highest BCUT2D eigenvalue weighted by molar-refractivity contribution is 7.92. The third kappa shape index (κ3) is 12.3. The lowest BCUT2D eigenvalue weighted by atomic mass is 10.2. The summed E-state index contributed by atoms with van der Waals surface area (Å²) in [6, 6.07) is 7.19. The van der Waals surface area contributed by atoms with E-state index in [1.165, 1.54) is 0 Å². The van der Waals surface area contributed by atoms with Gasteiger partial charge in [-0.1, -0.05) is 10.1 Å². The van der Waals surface area contributed by atoms with Gasteiger partial charge in [-0.3, -0.25) is 17.5 Å². The standard InChI is InChI=1S/C22H24N6O18S6/c23-15-11-16(24)20(28-26-18-4-2-14(10-22(18)52(38,39)40)50(33,34)8-6-42-48-46-44-30)12-19(15)27-25-17-3-1-13(9-21(17)51(35,36)37)49(31,32)7-5-41-47-45-43-29/h1-4,9-12,29-30H,5-8,23-24H2,(H,35,36,37)(H,38,39,40). The minimum atomic E-state index is -5.09. The van der Waals surface area contributed by atoms with E-state index in [4.69, 9.17) is 22.0 Å². The van der Waals surface area contributed by atoms with Crippen LogP contribution >= 0.6 is 24.6 Å². The number of hydrogen-bond acceptors (Lipinski definition) is 24. The molecule has 0 spiro atoms. The Morgan fingerprint density at radius 1 is 0.558 bits per heavy atom. The summed E-state index contributed by atoms with van der Waals surface area (Å²) in [6.07, 6.45) is 0. The fourth-order valence-electron chi connectivity index (χ4n) is 3.61. The van der Waals surface area contributed by atoms with Crippen molar-refractivity contribution in [2.75, 3.05) is 36.2 Å². The van der Waals surface area contributed by atoms with Gasteiger partial charge in [-0.05, 0) is 48.5 Å². The third-order valence-corrected chi connectivity index (χ3v) is 11.8. The Labute approximate surface area is 302 Å². The molecule has 0 aromatic heterocycles. The van der Waals surface area contributed by atoms with E-state index in [0.717, 1.165) is 36.4 Å². The maximum absolute atomic E-state index is 12.6. The van der Waals surface area contributed by atoms with Crippen LogP contribution in [0, 0.1) is 0 Å². The molecule has 0 amide bonds. The number of rotatable bonds is 20. The van der Waals surface area contributed by atoms with Crippen LogP contribution in [0.1, 0.15) is 0 Å². The van der Waals surface area contributed by atoms with Crippen molar-refractivity contribution in [2.45, 2.75) is 19.6 Å². The van der Waals surface area contributed by atoms with Crippen LogP contribution in [0.4, 0.5) is 34.1 Å². The Kier molecular flexibility index (Phi) is 15.3. The van der Waals surface area contributed by atoms with Gasteiger partial charge < -0.3 is 11.5 Å². The Morgan fingerprint density at radius 2 is 0.923 bits per heavy atom. The van der Waals surface area contributed by atoms with Crippen LogP contribution < -0.4 is 11.5 Å². The Bertz CT molecular complexity index is 2100. The Hall–Kier alpha value is -3.44. The fraction of sp³-hybridized carbons (Fsp3) is 0.182. The van der Waals surface area contributed by atoms with E-state index in [2.05, 4.69) is 47.6 Å². The molecular formula is C22H24N6O18S6. The van der Waals surface area contributed by atoms with Crippen LogP contribution in [0.15, 0.2) is 88.6 Å². The van der Waals surface area contributed by atoms with Crippen LogP contribution in [0.5, 0.6) is 0 Å². The lowest BCUT2D eigenvalue weighted by Crippen LogP contribution is -2.12. The van der Waals surface area contributed by atoms with E-state index in [-0.39, 0.29) is 47.4 Å². The second kappa shape index (κ2) is 18.5. The van der Waals surface area contributed by atoms with Crippen LogP contribution in [0.25, 0.3) is 0 Å². The predicted molar refractivity (Wildman–Crippen MR) is 177 cm³/mol. The fourth-order valence-corrected chi connectivity index (χ4v) is 7.92. The summed E-state index contributed by atoms with van der Waals surface area (Å²) in [6.45, 7) is -0.982. The second-order valence-corrected chi connectivity index (χ2v) is 17.3. The number of anilines is 2. The zero-order valence-electron chi connectivity index (χ0n) is 25.3. The van der Waals surface area contributed by atoms with Gasteiger partial charge in [0.25, 0.3) is 20.2 Å². The lowest BCUT2D eigenvalue weighted by Gasteiger charge is -2.09. The molecule has 0 radical (unpaired) electrons. The van der Waals surface area contributed by atoms with Crippen LogP contribution in [-0.2, 0) is 67.0 Å². The van der Waals surface area contributed by atoms with Crippen molar-refractivity contribution in [3.63, 3.8) is 0 Å². The zero-order valence-corrected chi connectivity index (χ0v) is 30.2. The highest BCUT2D eigenvalue weighted by Crippen LogP contribution is 2.37. The summed E-state index contributed by atoms with van der Waals surface area (Å²) in [4.78, 5) is -3.02. The first-order valence-electron chi connectivity index (χ1n) is 13.0. The first-order chi connectivity index (χ1) is 24.3. The van der Waals surface area contributed by atoms with Gasteiger partial charge in [-0.25, -0.2) is 27.4 Å². The summed E-state index contributed by atoms with van der Waals surface area (Å²) in [5.41, 5.74) is 10.1. The molecular weight excluding hydrogens is 829 g/mol. The first kappa shape index (κ1) is 43.0. The van der Waals surface area contributed by atoms with Crippen molar-refractivity contribution in [1.29, 1.82) is 0 Å². The molecule has 8 N–H and O–H groups in total.